The molecule has 0 spiro atoms. The minimum atomic E-state index is -0.121. The predicted molar refractivity (Wildman–Crippen MR) is 68.1 cm³/mol. The molecule has 0 saturated heterocycles. The molecule has 1 N–H and O–H groups in total. The van der Waals surface area contributed by atoms with E-state index in [1.54, 1.807) is 23.1 Å². The first kappa shape index (κ1) is 10.8. The van der Waals surface area contributed by atoms with E-state index in [2.05, 4.69) is 0 Å². The number of phenols is 1. The Labute approximate surface area is 105 Å². The third-order valence-corrected chi connectivity index (χ3v) is 3.26. The van der Waals surface area contributed by atoms with Crippen LogP contribution < -0.4 is 0 Å². The summed E-state index contributed by atoms with van der Waals surface area (Å²) >= 11 is 0. The first-order valence-electron chi connectivity index (χ1n) is 5.90. The minimum Gasteiger partial charge on any atom is -0.507 e. The van der Waals surface area contributed by atoms with Crippen LogP contribution in [0.5, 0.6) is 5.75 Å². The first-order valence-corrected chi connectivity index (χ1v) is 5.90. The molecule has 18 heavy (non-hydrogen) atoms. The van der Waals surface area contributed by atoms with Gasteiger partial charge in [0, 0.05) is 13.1 Å². The van der Waals surface area contributed by atoms with Gasteiger partial charge in [-0.3, -0.25) is 4.79 Å². The summed E-state index contributed by atoms with van der Waals surface area (Å²) in [5.74, 6) is -0.0808. The average molecular weight is 239 g/mol. The molecule has 1 amide bonds. The van der Waals surface area contributed by atoms with Crippen molar-refractivity contribution in [2.45, 2.75) is 13.1 Å². The first-order chi connectivity index (χ1) is 8.75. The van der Waals surface area contributed by atoms with Crippen molar-refractivity contribution in [1.29, 1.82) is 0 Å². The van der Waals surface area contributed by atoms with E-state index >= 15 is 0 Å². The van der Waals surface area contributed by atoms with Gasteiger partial charge in [-0.15, -0.1) is 0 Å². The van der Waals surface area contributed by atoms with E-state index in [1.807, 2.05) is 24.3 Å². The monoisotopic (exact) mass is 239 g/mol. The number of carbonyl (C=O) groups excluding carboxylic acids is 1. The lowest BCUT2D eigenvalue weighted by Gasteiger charge is -2.16. The second-order valence-corrected chi connectivity index (χ2v) is 4.45. The molecule has 3 heteroatoms. The van der Waals surface area contributed by atoms with E-state index in [0.29, 0.717) is 18.7 Å². The maximum absolute atomic E-state index is 12.3. The zero-order chi connectivity index (χ0) is 12.5. The van der Waals surface area contributed by atoms with Gasteiger partial charge in [0.2, 0.25) is 0 Å². The zero-order valence-corrected chi connectivity index (χ0v) is 9.84. The highest BCUT2D eigenvalue weighted by Crippen LogP contribution is 2.26. The third kappa shape index (κ3) is 1.74. The van der Waals surface area contributed by atoms with E-state index in [4.69, 9.17) is 0 Å². The molecule has 90 valence electrons. The SMILES string of the molecule is O=C(c1ccccc1O)N1Cc2ccccc2C1. The number of phenolic OH excluding ortho intramolecular Hbond substituents is 1. The molecule has 0 unspecified atom stereocenters. The molecular formula is C15H13NO2. The van der Waals surface area contributed by atoms with Crippen LogP contribution in [0.3, 0.4) is 0 Å². The van der Waals surface area contributed by atoms with Gasteiger partial charge in [-0.05, 0) is 23.3 Å². The van der Waals surface area contributed by atoms with Crippen LogP contribution in [0.15, 0.2) is 48.5 Å². The predicted octanol–water partition coefficient (Wildman–Crippen LogP) is 2.55. The number of carbonyl (C=O) groups is 1. The van der Waals surface area contributed by atoms with Crippen LogP contribution in [-0.4, -0.2) is 15.9 Å². The van der Waals surface area contributed by atoms with Crippen LogP contribution in [0.25, 0.3) is 0 Å². The normalized spacial score (nSPS) is 13.4. The van der Waals surface area contributed by atoms with Crippen molar-refractivity contribution >= 4 is 5.91 Å². The van der Waals surface area contributed by atoms with Crippen molar-refractivity contribution in [3.63, 3.8) is 0 Å². The number of nitrogens with zero attached hydrogens (tertiary/aromatic N) is 1. The number of hydrogen-bond acceptors (Lipinski definition) is 2. The molecule has 0 saturated carbocycles. The Balaban J connectivity index is 1.87. The molecule has 0 radical (unpaired) electrons. The van der Waals surface area contributed by atoms with Crippen molar-refractivity contribution in [2.75, 3.05) is 0 Å². The van der Waals surface area contributed by atoms with Crippen molar-refractivity contribution < 1.29 is 9.90 Å². The van der Waals surface area contributed by atoms with Gasteiger partial charge in [-0.1, -0.05) is 36.4 Å². The van der Waals surface area contributed by atoms with Crippen molar-refractivity contribution in [3.8, 4) is 5.75 Å². The van der Waals surface area contributed by atoms with E-state index in [-0.39, 0.29) is 11.7 Å². The lowest BCUT2D eigenvalue weighted by atomic mass is 10.1. The zero-order valence-electron chi connectivity index (χ0n) is 9.84. The lowest BCUT2D eigenvalue weighted by molar-refractivity contribution is 0.0748. The number of amides is 1. The van der Waals surface area contributed by atoms with Gasteiger partial charge >= 0.3 is 0 Å². The molecule has 3 rings (SSSR count). The van der Waals surface area contributed by atoms with Gasteiger partial charge in [0.25, 0.3) is 5.91 Å². The van der Waals surface area contributed by atoms with E-state index < -0.39 is 0 Å². The summed E-state index contributed by atoms with van der Waals surface area (Å²) in [5, 5.41) is 9.71. The fourth-order valence-electron chi connectivity index (χ4n) is 2.30. The summed E-state index contributed by atoms with van der Waals surface area (Å²) in [7, 11) is 0. The number of rotatable bonds is 1. The quantitative estimate of drug-likeness (QED) is 0.830. The maximum Gasteiger partial charge on any atom is 0.258 e. The Hall–Kier alpha value is -2.29. The maximum atomic E-state index is 12.3. The molecule has 1 heterocycles. The van der Waals surface area contributed by atoms with Crippen LogP contribution in [-0.2, 0) is 13.1 Å². The third-order valence-electron chi connectivity index (χ3n) is 3.26. The van der Waals surface area contributed by atoms with E-state index in [0.717, 1.165) is 0 Å². The summed E-state index contributed by atoms with van der Waals surface area (Å²) in [4.78, 5) is 14.1. The summed E-state index contributed by atoms with van der Waals surface area (Å²) in [5.41, 5.74) is 2.73. The fourth-order valence-corrected chi connectivity index (χ4v) is 2.30. The smallest absolute Gasteiger partial charge is 0.258 e. The molecule has 3 nitrogen and oxygen atoms in total. The van der Waals surface area contributed by atoms with Gasteiger partial charge in [0.15, 0.2) is 0 Å². The highest BCUT2D eigenvalue weighted by Gasteiger charge is 2.25. The van der Waals surface area contributed by atoms with Crippen molar-refractivity contribution in [3.05, 3.63) is 65.2 Å². The summed E-state index contributed by atoms with van der Waals surface area (Å²) in [6.45, 7) is 1.23. The molecule has 2 aromatic carbocycles. The standard InChI is InChI=1S/C15H13NO2/c17-14-8-4-3-7-13(14)15(18)16-9-11-5-1-2-6-12(11)10-16/h1-8,17H,9-10H2. The minimum absolute atomic E-state index is 0.0402. The second-order valence-electron chi connectivity index (χ2n) is 4.45. The molecule has 1 aliphatic heterocycles. The Bertz CT molecular complexity index is 582. The Morgan fingerprint density at radius 2 is 1.50 bits per heavy atom. The summed E-state index contributed by atoms with van der Waals surface area (Å²) in [6, 6.07) is 14.7. The van der Waals surface area contributed by atoms with E-state index in [9.17, 15) is 9.90 Å². The molecule has 1 aliphatic rings. The molecule has 0 fully saturated rings. The van der Waals surface area contributed by atoms with Crippen molar-refractivity contribution in [1.82, 2.24) is 4.90 Å². The van der Waals surface area contributed by atoms with Crippen LogP contribution >= 0.6 is 0 Å². The molecule has 0 aliphatic carbocycles. The van der Waals surface area contributed by atoms with Crippen molar-refractivity contribution in [2.24, 2.45) is 0 Å². The average Bonchev–Trinajstić information content (AvgIpc) is 2.82. The summed E-state index contributed by atoms with van der Waals surface area (Å²) in [6.07, 6.45) is 0. The largest absolute Gasteiger partial charge is 0.507 e. The Morgan fingerprint density at radius 1 is 0.944 bits per heavy atom. The lowest BCUT2D eigenvalue weighted by Crippen LogP contribution is -2.25. The van der Waals surface area contributed by atoms with Crippen LogP contribution in [0, 0.1) is 0 Å². The molecule has 0 bridgehead atoms. The van der Waals surface area contributed by atoms with Gasteiger partial charge in [-0.25, -0.2) is 0 Å². The van der Waals surface area contributed by atoms with Crippen LogP contribution in [0.2, 0.25) is 0 Å². The number of benzene rings is 2. The Morgan fingerprint density at radius 3 is 2.11 bits per heavy atom. The molecule has 2 aromatic rings. The summed E-state index contributed by atoms with van der Waals surface area (Å²) < 4.78 is 0. The topological polar surface area (TPSA) is 40.5 Å². The van der Waals surface area contributed by atoms with Gasteiger partial charge in [-0.2, -0.15) is 0 Å². The highest BCUT2D eigenvalue weighted by atomic mass is 16.3. The fraction of sp³-hybridized carbons (Fsp3) is 0.133. The number of para-hydroxylation sites is 1. The van der Waals surface area contributed by atoms with Gasteiger partial charge < -0.3 is 10.0 Å². The number of fused-ring (bicyclic) bond motifs is 1. The van der Waals surface area contributed by atoms with Crippen LogP contribution in [0.4, 0.5) is 0 Å². The van der Waals surface area contributed by atoms with E-state index in [1.165, 1.54) is 17.2 Å². The number of aromatic hydroxyl groups is 1. The van der Waals surface area contributed by atoms with Crippen LogP contribution in [0.1, 0.15) is 21.5 Å². The Kier molecular flexibility index (Phi) is 2.52. The molecule has 0 aromatic heterocycles. The second kappa shape index (κ2) is 4.18. The molecule has 0 atom stereocenters. The highest BCUT2D eigenvalue weighted by molar-refractivity contribution is 5.97. The van der Waals surface area contributed by atoms with Gasteiger partial charge in [0.1, 0.15) is 5.75 Å². The molecular weight excluding hydrogens is 226 g/mol. The number of hydrogen-bond donors (Lipinski definition) is 1. The van der Waals surface area contributed by atoms with Gasteiger partial charge in [0.05, 0.1) is 5.56 Å².